The van der Waals surface area contributed by atoms with E-state index in [4.69, 9.17) is 4.74 Å². The molecule has 0 amide bonds. The number of nitrogens with one attached hydrogen (secondary N) is 1. The Labute approximate surface area is 143 Å². The number of hydrogen-bond donors (Lipinski definition) is 1. The van der Waals surface area contributed by atoms with Gasteiger partial charge in [-0.3, -0.25) is 4.90 Å². The van der Waals surface area contributed by atoms with Crippen LogP contribution in [0.4, 0.5) is 4.39 Å². The van der Waals surface area contributed by atoms with Gasteiger partial charge in [0.25, 0.3) is 10.2 Å². The van der Waals surface area contributed by atoms with E-state index in [-0.39, 0.29) is 18.4 Å². The Morgan fingerprint density at radius 3 is 2.33 bits per heavy atom. The normalized spacial score (nSPS) is 18.0. The smallest absolute Gasteiger partial charge is 0.279 e. The van der Waals surface area contributed by atoms with E-state index >= 15 is 0 Å². The second-order valence-corrected chi connectivity index (χ2v) is 7.41. The topological polar surface area (TPSA) is 61.9 Å². The summed E-state index contributed by atoms with van der Waals surface area (Å²) in [6.45, 7) is 7.36. The van der Waals surface area contributed by atoms with E-state index < -0.39 is 10.2 Å². The van der Waals surface area contributed by atoms with Gasteiger partial charge in [-0.05, 0) is 17.7 Å². The summed E-state index contributed by atoms with van der Waals surface area (Å²) in [4.78, 5) is 2.17. The van der Waals surface area contributed by atoms with Crippen LogP contribution in [0.1, 0.15) is 25.5 Å². The van der Waals surface area contributed by atoms with E-state index in [1.165, 1.54) is 16.4 Å². The molecule has 1 aromatic carbocycles. The first-order valence-electron chi connectivity index (χ1n) is 8.30. The van der Waals surface area contributed by atoms with Crippen molar-refractivity contribution in [3.8, 4) is 0 Å². The fraction of sp³-hybridized carbons (Fsp3) is 0.625. The van der Waals surface area contributed by atoms with E-state index in [2.05, 4.69) is 9.62 Å². The quantitative estimate of drug-likeness (QED) is 0.762. The largest absolute Gasteiger partial charge is 0.379 e. The number of rotatable bonds is 8. The summed E-state index contributed by atoms with van der Waals surface area (Å²) < 4.78 is 47.4. The van der Waals surface area contributed by atoms with Crippen molar-refractivity contribution in [1.29, 1.82) is 0 Å². The second kappa shape index (κ2) is 8.87. The van der Waals surface area contributed by atoms with E-state index in [9.17, 15) is 12.8 Å². The van der Waals surface area contributed by atoms with Crippen LogP contribution >= 0.6 is 0 Å². The van der Waals surface area contributed by atoms with Crippen molar-refractivity contribution in [1.82, 2.24) is 13.9 Å². The first-order valence-corrected chi connectivity index (χ1v) is 9.74. The highest BCUT2D eigenvalue weighted by Crippen LogP contribution is 2.22. The number of hydrogen-bond acceptors (Lipinski definition) is 4. The van der Waals surface area contributed by atoms with Crippen LogP contribution in [0.5, 0.6) is 0 Å². The lowest BCUT2D eigenvalue weighted by Gasteiger charge is -2.35. The van der Waals surface area contributed by atoms with Crippen LogP contribution in [0.3, 0.4) is 0 Å². The van der Waals surface area contributed by atoms with Gasteiger partial charge < -0.3 is 4.74 Å². The lowest BCUT2D eigenvalue weighted by Crippen LogP contribution is -2.47. The van der Waals surface area contributed by atoms with Gasteiger partial charge in [-0.25, -0.2) is 9.11 Å². The second-order valence-electron chi connectivity index (χ2n) is 5.65. The maximum atomic E-state index is 13.2. The van der Waals surface area contributed by atoms with Crippen molar-refractivity contribution < 1.29 is 17.5 Å². The summed E-state index contributed by atoms with van der Waals surface area (Å²) in [6.07, 6.45) is 0. The van der Waals surface area contributed by atoms with Crippen molar-refractivity contribution in [3.05, 3.63) is 35.6 Å². The molecule has 1 aliphatic heterocycles. The number of morpholine rings is 1. The molecule has 0 radical (unpaired) electrons. The molecule has 8 heteroatoms. The molecule has 1 fully saturated rings. The fourth-order valence-corrected chi connectivity index (χ4v) is 4.10. The molecule has 1 aliphatic rings. The Kier molecular flexibility index (Phi) is 7.12. The maximum Gasteiger partial charge on any atom is 0.279 e. The van der Waals surface area contributed by atoms with Crippen molar-refractivity contribution in [2.24, 2.45) is 0 Å². The Balaban J connectivity index is 2.15. The summed E-state index contributed by atoms with van der Waals surface area (Å²) in [6, 6.07) is 6.07. The van der Waals surface area contributed by atoms with Gasteiger partial charge in [-0.1, -0.05) is 26.0 Å². The van der Waals surface area contributed by atoms with Gasteiger partial charge >= 0.3 is 0 Å². The van der Waals surface area contributed by atoms with Crippen LogP contribution in [0.15, 0.2) is 24.3 Å². The molecule has 6 nitrogen and oxygen atoms in total. The number of ether oxygens (including phenoxy) is 1. The summed E-state index contributed by atoms with van der Waals surface area (Å²) >= 11 is 0. The molecule has 0 bridgehead atoms. The van der Waals surface area contributed by atoms with Crippen molar-refractivity contribution >= 4 is 10.2 Å². The van der Waals surface area contributed by atoms with Gasteiger partial charge in [-0.15, -0.1) is 0 Å². The highest BCUT2D eigenvalue weighted by Gasteiger charge is 2.26. The highest BCUT2D eigenvalue weighted by molar-refractivity contribution is 7.87. The molecule has 0 unspecified atom stereocenters. The molecule has 1 N–H and O–H groups in total. The lowest BCUT2D eigenvalue weighted by atomic mass is 10.0. The van der Waals surface area contributed by atoms with Gasteiger partial charge in [0, 0.05) is 38.8 Å². The molecule has 0 saturated carbocycles. The van der Waals surface area contributed by atoms with Crippen LogP contribution in [-0.4, -0.2) is 63.6 Å². The van der Waals surface area contributed by atoms with Crippen molar-refractivity contribution in [3.63, 3.8) is 0 Å². The van der Waals surface area contributed by atoms with Crippen LogP contribution < -0.4 is 4.72 Å². The Hall–Kier alpha value is -1.06. The number of nitrogens with zero attached hydrogens (tertiary/aromatic N) is 2. The van der Waals surface area contributed by atoms with Crippen molar-refractivity contribution in [2.75, 3.05) is 45.9 Å². The van der Waals surface area contributed by atoms with E-state index in [1.54, 1.807) is 12.1 Å². The predicted molar refractivity (Wildman–Crippen MR) is 91.4 cm³/mol. The monoisotopic (exact) mass is 359 g/mol. The molecule has 136 valence electrons. The zero-order chi connectivity index (χ0) is 17.6. The average Bonchev–Trinajstić information content (AvgIpc) is 2.58. The first kappa shape index (κ1) is 19.3. The molecular weight excluding hydrogens is 333 g/mol. The molecule has 24 heavy (non-hydrogen) atoms. The molecule has 1 aromatic rings. The first-order chi connectivity index (χ1) is 11.5. The number of benzene rings is 1. The Morgan fingerprint density at radius 2 is 1.79 bits per heavy atom. The standard InChI is InChI=1S/C16H26FN3O3S/c1-3-20(4-2)24(21,22)18-13-16(19-9-11-23-12-10-19)14-5-7-15(17)8-6-14/h5-8,16,18H,3-4,9-13H2,1-2H3/t16-/m1/s1. The summed E-state index contributed by atoms with van der Waals surface area (Å²) in [5.74, 6) is -0.303. The summed E-state index contributed by atoms with van der Waals surface area (Å²) in [5, 5.41) is 0. The van der Waals surface area contributed by atoms with Crippen LogP contribution in [0, 0.1) is 5.82 Å². The van der Waals surface area contributed by atoms with E-state index in [0.29, 0.717) is 26.3 Å². The van der Waals surface area contributed by atoms with Crippen LogP contribution in [0.25, 0.3) is 0 Å². The van der Waals surface area contributed by atoms with Gasteiger partial charge in [0.2, 0.25) is 0 Å². The van der Waals surface area contributed by atoms with Crippen LogP contribution in [0.2, 0.25) is 0 Å². The molecule has 1 heterocycles. The molecule has 2 rings (SSSR count). The molecule has 1 saturated heterocycles. The third-order valence-electron chi connectivity index (χ3n) is 4.25. The average molecular weight is 359 g/mol. The Morgan fingerprint density at radius 1 is 1.21 bits per heavy atom. The molecule has 0 spiro atoms. The predicted octanol–water partition coefficient (Wildman–Crippen LogP) is 1.38. The zero-order valence-electron chi connectivity index (χ0n) is 14.2. The van der Waals surface area contributed by atoms with Crippen molar-refractivity contribution in [2.45, 2.75) is 19.9 Å². The van der Waals surface area contributed by atoms with Gasteiger partial charge in [0.05, 0.1) is 13.2 Å². The van der Waals surface area contributed by atoms with Gasteiger partial charge in [0.15, 0.2) is 0 Å². The third kappa shape index (κ3) is 4.97. The number of halogens is 1. The lowest BCUT2D eigenvalue weighted by molar-refractivity contribution is 0.0171. The minimum Gasteiger partial charge on any atom is -0.379 e. The molecular formula is C16H26FN3O3S. The molecule has 1 atom stereocenters. The van der Waals surface area contributed by atoms with Gasteiger partial charge in [-0.2, -0.15) is 12.7 Å². The minimum atomic E-state index is -3.52. The Bertz CT molecular complexity index is 599. The third-order valence-corrected chi connectivity index (χ3v) is 5.97. The minimum absolute atomic E-state index is 0.153. The van der Waals surface area contributed by atoms with Crippen LogP contribution in [-0.2, 0) is 14.9 Å². The highest BCUT2D eigenvalue weighted by atomic mass is 32.2. The fourth-order valence-electron chi connectivity index (χ4n) is 2.87. The summed E-state index contributed by atoms with van der Waals surface area (Å²) in [7, 11) is -3.52. The van der Waals surface area contributed by atoms with E-state index in [1.807, 2.05) is 13.8 Å². The maximum absolute atomic E-state index is 13.2. The zero-order valence-corrected chi connectivity index (χ0v) is 15.1. The molecule has 0 aromatic heterocycles. The SMILES string of the molecule is CCN(CC)S(=O)(=O)NC[C@H](c1ccc(F)cc1)N1CCOCC1. The van der Waals surface area contributed by atoms with Gasteiger partial charge in [0.1, 0.15) is 5.82 Å². The van der Waals surface area contributed by atoms with E-state index in [0.717, 1.165) is 18.7 Å². The molecule has 0 aliphatic carbocycles. The summed E-state index contributed by atoms with van der Waals surface area (Å²) in [5.41, 5.74) is 0.889.